The Balaban J connectivity index is 2.29. The summed E-state index contributed by atoms with van der Waals surface area (Å²) in [7, 11) is 1.82. The van der Waals surface area contributed by atoms with Crippen LogP contribution in [0.1, 0.15) is 52.4 Å². The molecule has 0 bridgehead atoms. The van der Waals surface area contributed by atoms with Crippen molar-refractivity contribution >= 4 is 0 Å². The van der Waals surface area contributed by atoms with Gasteiger partial charge in [0.15, 0.2) is 0 Å². The topological polar surface area (TPSA) is 9.23 Å². The summed E-state index contributed by atoms with van der Waals surface area (Å²) in [5.74, 6) is 2.89. The first-order chi connectivity index (χ1) is 6.76. The van der Waals surface area contributed by atoms with Gasteiger partial charge in [0.05, 0.1) is 0 Å². The lowest BCUT2D eigenvalue weighted by molar-refractivity contribution is 0.133. The van der Waals surface area contributed by atoms with E-state index in [0.717, 1.165) is 24.4 Å². The van der Waals surface area contributed by atoms with Gasteiger partial charge in [-0.2, -0.15) is 0 Å². The summed E-state index contributed by atoms with van der Waals surface area (Å²) in [6, 6.07) is 0. The van der Waals surface area contributed by atoms with Crippen LogP contribution >= 0.6 is 0 Å². The highest BCUT2D eigenvalue weighted by Gasteiger charge is 2.25. The zero-order valence-corrected chi connectivity index (χ0v) is 10.1. The normalized spacial score (nSPS) is 33.2. The average molecular weight is 198 g/mol. The van der Waals surface area contributed by atoms with Gasteiger partial charge in [0.2, 0.25) is 0 Å². The van der Waals surface area contributed by atoms with Crippen molar-refractivity contribution in [3.63, 3.8) is 0 Å². The average Bonchev–Trinajstić information content (AvgIpc) is 2.14. The molecule has 3 unspecified atom stereocenters. The molecule has 0 amide bonds. The Morgan fingerprint density at radius 1 is 1.07 bits per heavy atom. The minimum Gasteiger partial charge on any atom is -0.385 e. The zero-order valence-electron chi connectivity index (χ0n) is 10.1. The van der Waals surface area contributed by atoms with Crippen molar-refractivity contribution < 1.29 is 4.74 Å². The second-order valence-electron chi connectivity index (χ2n) is 5.11. The van der Waals surface area contributed by atoms with E-state index in [0.29, 0.717) is 0 Å². The Morgan fingerprint density at radius 2 is 1.71 bits per heavy atom. The van der Waals surface area contributed by atoms with Gasteiger partial charge in [0.1, 0.15) is 0 Å². The largest absolute Gasteiger partial charge is 0.385 e. The number of methoxy groups -OCH3 is 1. The number of ether oxygens (including phenoxy) is 1. The Labute approximate surface area is 89.2 Å². The molecule has 0 spiro atoms. The van der Waals surface area contributed by atoms with E-state index < -0.39 is 0 Å². The highest BCUT2D eigenvalue weighted by atomic mass is 16.5. The van der Waals surface area contributed by atoms with Crippen LogP contribution in [0.2, 0.25) is 0 Å². The fraction of sp³-hybridized carbons (Fsp3) is 1.00. The third kappa shape index (κ3) is 4.00. The fourth-order valence-electron chi connectivity index (χ4n) is 3.06. The molecule has 1 aliphatic rings. The molecule has 1 aliphatic carbocycles. The van der Waals surface area contributed by atoms with Crippen molar-refractivity contribution in [2.45, 2.75) is 52.4 Å². The van der Waals surface area contributed by atoms with Crippen molar-refractivity contribution in [1.82, 2.24) is 0 Å². The van der Waals surface area contributed by atoms with Gasteiger partial charge in [0.25, 0.3) is 0 Å². The Hall–Kier alpha value is -0.0400. The lowest BCUT2D eigenvalue weighted by atomic mass is 9.73. The molecular weight excluding hydrogens is 172 g/mol. The summed E-state index contributed by atoms with van der Waals surface area (Å²) in [5.41, 5.74) is 0. The van der Waals surface area contributed by atoms with Crippen LogP contribution in [0.3, 0.4) is 0 Å². The van der Waals surface area contributed by atoms with Crippen LogP contribution in [0.4, 0.5) is 0 Å². The smallest absolute Gasteiger partial charge is 0.0464 e. The first-order valence-corrected chi connectivity index (χ1v) is 6.25. The molecule has 1 heteroatoms. The Kier molecular flexibility index (Phi) is 5.54. The van der Waals surface area contributed by atoms with E-state index in [1.807, 2.05) is 7.11 Å². The van der Waals surface area contributed by atoms with E-state index in [1.54, 1.807) is 0 Å². The molecule has 1 nitrogen and oxygen atoms in total. The maximum atomic E-state index is 5.18. The molecule has 0 aromatic carbocycles. The summed E-state index contributed by atoms with van der Waals surface area (Å²) >= 11 is 0. The molecular formula is C13H26O. The van der Waals surface area contributed by atoms with Gasteiger partial charge in [-0.1, -0.05) is 26.7 Å². The molecule has 3 atom stereocenters. The predicted molar refractivity (Wildman–Crippen MR) is 61.4 cm³/mol. The van der Waals surface area contributed by atoms with Crippen molar-refractivity contribution in [3.05, 3.63) is 0 Å². The number of rotatable bonds is 5. The third-order valence-electron chi connectivity index (χ3n) is 3.57. The molecule has 0 N–H and O–H groups in total. The lowest BCUT2D eigenvalue weighted by Gasteiger charge is -2.33. The molecule has 0 saturated heterocycles. The number of hydrogen-bond acceptors (Lipinski definition) is 1. The quantitative estimate of drug-likeness (QED) is 0.651. The highest BCUT2D eigenvalue weighted by molar-refractivity contribution is 4.76. The molecule has 0 aliphatic heterocycles. The van der Waals surface area contributed by atoms with Crippen LogP contribution < -0.4 is 0 Å². The summed E-state index contributed by atoms with van der Waals surface area (Å²) in [4.78, 5) is 0. The van der Waals surface area contributed by atoms with Gasteiger partial charge < -0.3 is 4.74 Å². The van der Waals surface area contributed by atoms with Gasteiger partial charge in [0, 0.05) is 13.7 Å². The maximum absolute atomic E-state index is 5.18. The second kappa shape index (κ2) is 6.44. The Bertz CT molecular complexity index is 144. The van der Waals surface area contributed by atoms with Gasteiger partial charge in [-0.05, 0) is 43.4 Å². The molecule has 0 aromatic rings. The summed E-state index contributed by atoms with van der Waals surface area (Å²) in [5, 5.41) is 0. The molecule has 1 saturated carbocycles. The second-order valence-corrected chi connectivity index (χ2v) is 5.11. The van der Waals surface area contributed by atoms with E-state index in [2.05, 4.69) is 13.8 Å². The summed E-state index contributed by atoms with van der Waals surface area (Å²) in [6.07, 6.45) is 8.44. The predicted octanol–water partition coefficient (Wildman–Crippen LogP) is 3.88. The van der Waals surface area contributed by atoms with E-state index in [1.165, 1.54) is 38.5 Å². The van der Waals surface area contributed by atoms with E-state index >= 15 is 0 Å². The van der Waals surface area contributed by atoms with Crippen molar-refractivity contribution in [2.75, 3.05) is 13.7 Å². The van der Waals surface area contributed by atoms with Gasteiger partial charge in [-0.25, -0.2) is 0 Å². The van der Waals surface area contributed by atoms with E-state index in [4.69, 9.17) is 4.74 Å². The van der Waals surface area contributed by atoms with Crippen molar-refractivity contribution in [3.8, 4) is 0 Å². The maximum Gasteiger partial charge on any atom is 0.0464 e. The minimum absolute atomic E-state index is 0.940. The zero-order chi connectivity index (χ0) is 10.4. The molecule has 14 heavy (non-hydrogen) atoms. The van der Waals surface area contributed by atoms with Gasteiger partial charge in [-0.15, -0.1) is 0 Å². The third-order valence-corrected chi connectivity index (χ3v) is 3.57. The first kappa shape index (κ1) is 12.0. The molecule has 0 aromatic heterocycles. The monoisotopic (exact) mass is 198 g/mol. The molecule has 0 radical (unpaired) electrons. The Morgan fingerprint density at radius 3 is 2.29 bits per heavy atom. The van der Waals surface area contributed by atoms with Gasteiger partial charge in [-0.3, -0.25) is 0 Å². The number of hydrogen-bond donors (Lipinski definition) is 0. The summed E-state index contributed by atoms with van der Waals surface area (Å²) in [6.45, 7) is 5.68. The standard InChI is InChI=1S/C13H26O/c1-4-5-12-8-11(2)9-13(10-12)6-7-14-3/h11-13H,4-10H2,1-3H3. The first-order valence-electron chi connectivity index (χ1n) is 6.25. The van der Waals surface area contributed by atoms with Crippen LogP contribution in [-0.2, 0) is 4.74 Å². The fourth-order valence-corrected chi connectivity index (χ4v) is 3.06. The molecule has 1 fully saturated rings. The van der Waals surface area contributed by atoms with E-state index in [-0.39, 0.29) is 0 Å². The van der Waals surface area contributed by atoms with Crippen LogP contribution in [0.5, 0.6) is 0 Å². The molecule has 1 rings (SSSR count). The summed E-state index contributed by atoms with van der Waals surface area (Å²) < 4.78 is 5.18. The van der Waals surface area contributed by atoms with Crippen LogP contribution in [0, 0.1) is 17.8 Å². The van der Waals surface area contributed by atoms with Crippen LogP contribution in [0.15, 0.2) is 0 Å². The molecule has 0 heterocycles. The van der Waals surface area contributed by atoms with Crippen LogP contribution in [-0.4, -0.2) is 13.7 Å². The van der Waals surface area contributed by atoms with Crippen molar-refractivity contribution in [2.24, 2.45) is 17.8 Å². The van der Waals surface area contributed by atoms with Gasteiger partial charge >= 0.3 is 0 Å². The highest BCUT2D eigenvalue weighted by Crippen LogP contribution is 2.36. The van der Waals surface area contributed by atoms with Crippen molar-refractivity contribution in [1.29, 1.82) is 0 Å². The van der Waals surface area contributed by atoms with Crippen LogP contribution in [0.25, 0.3) is 0 Å². The lowest BCUT2D eigenvalue weighted by Crippen LogP contribution is -2.22. The molecule has 84 valence electrons. The minimum atomic E-state index is 0.940. The van der Waals surface area contributed by atoms with E-state index in [9.17, 15) is 0 Å². The SMILES string of the molecule is CCCC1CC(C)CC(CCOC)C1.